The first-order valence-electron chi connectivity index (χ1n) is 9.07. The van der Waals surface area contributed by atoms with E-state index in [-0.39, 0.29) is 0 Å². The molecule has 5 heteroatoms. The van der Waals surface area contributed by atoms with Crippen LogP contribution in [-0.2, 0) is 4.79 Å². The lowest BCUT2D eigenvalue weighted by Crippen LogP contribution is -2.53. The fraction of sp³-hybridized carbons (Fsp3) is 0.632. The van der Waals surface area contributed by atoms with E-state index >= 15 is 0 Å². The molecule has 1 N–H and O–H groups in total. The van der Waals surface area contributed by atoms with Gasteiger partial charge in [-0.15, -0.1) is 0 Å². The first kappa shape index (κ1) is 18.7. The predicted octanol–water partition coefficient (Wildman–Crippen LogP) is 2.68. The number of carboxylic acids is 1. The zero-order chi connectivity index (χ0) is 17.7. The van der Waals surface area contributed by atoms with Crippen LogP contribution in [0.5, 0.6) is 0 Å². The normalized spacial score (nSPS) is 20.8. The van der Waals surface area contributed by atoms with Gasteiger partial charge >= 0.3 is 5.97 Å². The zero-order valence-electron chi connectivity index (χ0n) is 15.4. The SMILES string of the molecule is CCN(CC)c1ccc(C(C(=O)O)N2CCN(CC)C(C)C2)cc1. The number of anilines is 1. The van der Waals surface area contributed by atoms with Crippen LogP contribution in [0, 0.1) is 0 Å². The molecule has 0 aromatic heterocycles. The second kappa shape index (κ2) is 8.49. The van der Waals surface area contributed by atoms with Crippen molar-refractivity contribution in [3.63, 3.8) is 0 Å². The molecule has 0 spiro atoms. The van der Waals surface area contributed by atoms with Crippen LogP contribution in [-0.4, -0.2) is 66.2 Å². The quantitative estimate of drug-likeness (QED) is 0.831. The molecule has 1 fully saturated rings. The number of rotatable bonds is 7. The number of carbonyl (C=O) groups is 1. The molecule has 0 amide bonds. The molecule has 2 unspecified atom stereocenters. The Balaban J connectivity index is 2.18. The van der Waals surface area contributed by atoms with Crippen LogP contribution < -0.4 is 4.90 Å². The summed E-state index contributed by atoms with van der Waals surface area (Å²) in [6.07, 6.45) is 0. The lowest BCUT2D eigenvalue weighted by molar-refractivity contribution is -0.144. The minimum Gasteiger partial charge on any atom is -0.480 e. The van der Waals surface area contributed by atoms with Crippen molar-refractivity contribution in [2.75, 3.05) is 44.2 Å². The van der Waals surface area contributed by atoms with Crippen LogP contribution in [0.2, 0.25) is 0 Å². The summed E-state index contributed by atoms with van der Waals surface area (Å²) in [5, 5.41) is 9.79. The highest BCUT2D eigenvalue weighted by atomic mass is 16.4. The Hall–Kier alpha value is -1.59. The molecule has 134 valence electrons. The highest BCUT2D eigenvalue weighted by Gasteiger charge is 2.32. The van der Waals surface area contributed by atoms with E-state index in [4.69, 9.17) is 0 Å². The molecule has 1 aliphatic heterocycles. The van der Waals surface area contributed by atoms with Crippen molar-refractivity contribution in [2.24, 2.45) is 0 Å². The minimum atomic E-state index is -0.761. The molecule has 2 rings (SSSR count). The van der Waals surface area contributed by atoms with Gasteiger partial charge in [-0.25, -0.2) is 0 Å². The lowest BCUT2D eigenvalue weighted by atomic mass is 10.0. The molecule has 1 aromatic rings. The van der Waals surface area contributed by atoms with Gasteiger partial charge in [-0.2, -0.15) is 0 Å². The van der Waals surface area contributed by atoms with Gasteiger partial charge in [0.15, 0.2) is 0 Å². The molecule has 24 heavy (non-hydrogen) atoms. The van der Waals surface area contributed by atoms with Gasteiger partial charge < -0.3 is 10.0 Å². The summed E-state index contributed by atoms with van der Waals surface area (Å²) < 4.78 is 0. The van der Waals surface area contributed by atoms with Crippen LogP contribution in [0.1, 0.15) is 39.3 Å². The molecule has 1 heterocycles. The number of carboxylic acid groups (broad SMARTS) is 1. The average molecular weight is 333 g/mol. The van der Waals surface area contributed by atoms with Gasteiger partial charge in [0, 0.05) is 44.5 Å². The smallest absolute Gasteiger partial charge is 0.325 e. The van der Waals surface area contributed by atoms with Gasteiger partial charge in [0.2, 0.25) is 0 Å². The third kappa shape index (κ3) is 4.08. The molecule has 0 radical (unpaired) electrons. The number of benzene rings is 1. The standard InChI is InChI=1S/C19H31N3O2/c1-5-20(6-2)17-10-8-16(9-11-17)18(19(23)24)22-13-12-21(7-3)15(4)14-22/h8-11,15,18H,5-7,12-14H2,1-4H3,(H,23,24). The van der Waals surface area contributed by atoms with Gasteiger partial charge in [-0.1, -0.05) is 19.1 Å². The average Bonchev–Trinajstić information content (AvgIpc) is 2.57. The lowest BCUT2D eigenvalue weighted by Gasteiger charge is -2.41. The summed E-state index contributed by atoms with van der Waals surface area (Å²) in [6.45, 7) is 14.0. The van der Waals surface area contributed by atoms with Gasteiger partial charge in [-0.05, 0) is 45.0 Å². The Morgan fingerprint density at radius 1 is 1.21 bits per heavy atom. The Morgan fingerprint density at radius 3 is 2.29 bits per heavy atom. The van der Waals surface area contributed by atoms with Gasteiger partial charge in [0.1, 0.15) is 6.04 Å². The topological polar surface area (TPSA) is 47.0 Å². The third-order valence-electron chi connectivity index (χ3n) is 5.14. The number of hydrogen-bond acceptors (Lipinski definition) is 4. The van der Waals surface area contributed by atoms with E-state index in [1.165, 1.54) is 0 Å². The van der Waals surface area contributed by atoms with E-state index in [0.717, 1.165) is 50.5 Å². The highest BCUT2D eigenvalue weighted by molar-refractivity contribution is 5.76. The zero-order valence-corrected chi connectivity index (χ0v) is 15.4. The van der Waals surface area contributed by atoms with E-state index in [2.05, 4.69) is 42.4 Å². The molecule has 2 atom stereocenters. The maximum atomic E-state index is 11.9. The van der Waals surface area contributed by atoms with Gasteiger partial charge in [0.05, 0.1) is 0 Å². The van der Waals surface area contributed by atoms with Crippen molar-refractivity contribution in [2.45, 2.75) is 39.8 Å². The number of piperazine rings is 1. The van der Waals surface area contributed by atoms with E-state index in [1.807, 2.05) is 24.3 Å². The number of hydrogen-bond donors (Lipinski definition) is 1. The van der Waals surface area contributed by atoms with Gasteiger partial charge in [0.25, 0.3) is 0 Å². The van der Waals surface area contributed by atoms with Crippen LogP contribution in [0.15, 0.2) is 24.3 Å². The van der Waals surface area contributed by atoms with E-state index in [9.17, 15) is 9.90 Å². The van der Waals surface area contributed by atoms with Crippen molar-refractivity contribution < 1.29 is 9.90 Å². The second-order valence-corrected chi connectivity index (χ2v) is 6.48. The van der Waals surface area contributed by atoms with Crippen molar-refractivity contribution in [1.82, 2.24) is 9.80 Å². The number of aliphatic carboxylic acids is 1. The Kier molecular flexibility index (Phi) is 6.63. The molecule has 0 saturated carbocycles. The number of likely N-dealkylation sites (N-methyl/N-ethyl adjacent to an activating group) is 1. The van der Waals surface area contributed by atoms with Gasteiger partial charge in [-0.3, -0.25) is 14.6 Å². The molecule has 5 nitrogen and oxygen atoms in total. The monoisotopic (exact) mass is 333 g/mol. The van der Waals surface area contributed by atoms with Crippen molar-refractivity contribution >= 4 is 11.7 Å². The Labute approximate surface area is 145 Å². The summed E-state index contributed by atoms with van der Waals surface area (Å²) in [5.74, 6) is -0.761. The molecular formula is C19H31N3O2. The minimum absolute atomic E-state index is 0.389. The summed E-state index contributed by atoms with van der Waals surface area (Å²) in [7, 11) is 0. The van der Waals surface area contributed by atoms with Crippen molar-refractivity contribution in [3.05, 3.63) is 29.8 Å². The summed E-state index contributed by atoms with van der Waals surface area (Å²) in [6, 6.07) is 7.87. The van der Waals surface area contributed by atoms with E-state index in [0.29, 0.717) is 6.04 Å². The molecule has 1 aliphatic rings. The van der Waals surface area contributed by atoms with Crippen LogP contribution >= 0.6 is 0 Å². The van der Waals surface area contributed by atoms with Crippen LogP contribution in [0.4, 0.5) is 5.69 Å². The van der Waals surface area contributed by atoms with Crippen molar-refractivity contribution in [3.8, 4) is 0 Å². The van der Waals surface area contributed by atoms with E-state index in [1.54, 1.807) is 0 Å². The fourth-order valence-electron chi connectivity index (χ4n) is 3.69. The summed E-state index contributed by atoms with van der Waals surface area (Å²) in [4.78, 5) is 18.7. The van der Waals surface area contributed by atoms with Crippen molar-refractivity contribution in [1.29, 1.82) is 0 Å². The summed E-state index contributed by atoms with van der Waals surface area (Å²) in [5.41, 5.74) is 2.02. The highest BCUT2D eigenvalue weighted by Crippen LogP contribution is 2.26. The van der Waals surface area contributed by atoms with E-state index < -0.39 is 12.0 Å². The maximum Gasteiger partial charge on any atom is 0.325 e. The molecule has 1 saturated heterocycles. The predicted molar refractivity (Wildman–Crippen MR) is 98.7 cm³/mol. The molecular weight excluding hydrogens is 302 g/mol. The van der Waals surface area contributed by atoms with Crippen LogP contribution in [0.3, 0.4) is 0 Å². The molecule has 1 aromatic carbocycles. The second-order valence-electron chi connectivity index (χ2n) is 6.48. The molecule has 0 bridgehead atoms. The largest absolute Gasteiger partial charge is 0.480 e. The molecule has 0 aliphatic carbocycles. The van der Waals surface area contributed by atoms with Crippen LogP contribution in [0.25, 0.3) is 0 Å². The first-order valence-corrected chi connectivity index (χ1v) is 9.07. The first-order chi connectivity index (χ1) is 11.5. The maximum absolute atomic E-state index is 11.9. The Morgan fingerprint density at radius 2 is 1.83 bits per heavy atom. The Bertz CT molecular complexity index is 528. The fourth-order valence-corrected chi connectivity index (χ4v) is 3.69. The third-order valence-corrected chi connectivity index (χ3v) is 5.14. The number of nitrogens with zero attached hydrogens (tertiary/aromatic N) is 3. The summed E-state index contributed by atoms with van der Waals surface area (Å²) >= 11 is 0.